The first-order chi connectivity index (χ1) is 12.1. The summed E-state index contributed by atoms with van der Waals surface area (Å²) in [6, 6.07) is 15.0. The number of carbonyl (C=O) groups excluding carboxylic acids is 1. The largest absolute Gasteiger partial charge is 0.462 e. The number of ether oxygens (including phenoxy) is 1. The van der Waals surface area contributed by atoms with Crippen LogP contribution in [0.25, 0.3) is 0 Å². The van der Waals surface area contributed by atoms with E-state index in [1.807, 2.05) is 36.4 Å². The van der Waals surface area contributed by atoms with Gasteiger partial charge in [0.2, 0.25) is 0 Å². The third kappa shape index (κ3) is 6.12. The molecule has 0 aliphatic heterocycles. The first kappa shape index (κ1) is 18.8. The van der Waals surface area contributed by atoms with Gasteiger partial charge in [-0.05, 0) is 42.3 Å². The van der Waals surface area contributed by atoms with E-state index >= 15 is 0 Å². The van der Waals surface area contributed by atoms with Gasteiger partial charge in [-0.3, -0.25) is 4.99 Å². The van der Waals surface area contributed by atoms with Gasteiger partial charge >= 0.3 is 5.97 Å². The Bertz CT molecular complexity index is 730. The van der Waals surface area contributed by atoms with Gasteiger partial charge in [-0.15, -0.1) is 0 Å². The molecule has 0 aliphatic carbocycles. The van der Waals surface area contributed by atoms with Crippen molar-refractivity contribution < 1.29 is 9.53 Å². The van der Waals surface area contributed by atoms with Crippen LogP contribution in [0.3, 0.4) is 0 Å². The van der Waals surface area contributed by atoms with Crippen LogP contribution in [-0.4, -0.2) is 25.6 Å². The molecule has 5 nitrogen and oxygen atoms in total. The molecule has 2 N–H and O–H groups in total. The van der Waals surface area contributed by atoms with E-state index in [0.717, 1.165) is 11.1 Å². The average Bonchev–Trinajstić information content (AvgIpc) is 2.62. The summed E-state index contributed by atoms with van der Waals surface area (Å²) in [7, 11) is 1.72. The highest BCUT2D eigenvalue weighted by Crippen LogP contribution is 2.10. The van der Waals surface area contributed by atoms with Crippen molar-refractivity contribution >= 4 is 23.5 Å². The number of aliphatic imine (C=N–C) groups is 1. The van der Waals surface area contributed by atoms with Crippen LogP contribution in [0.2, 0.25) is 5.02 Å². The lowest BCUT2D eigenvalue weighted by molar-refractivity contribution is 0.0526. The van der Waals surface area contributed by atoms with Crippen molar-refractivity contribution in [3.63, 3.8) is 0 Å². The SMILES string of the molecule is CCOC(=O)c1ccc(CNC(=NC)NCc2cccc(Cl)c2)cc1. The summed E-state index contributed by atoms with van der Waals surface area (Å²) in [4.78, 5) is 15.8. The van der Waals surface area contributed by atoms with Crippen molar-refractivity contribution in [2.45, 2.75) is 20.0 Å². The van der Waals surface area contributed by atoms with Crippen LogP contribution in [0.1, 0.15) is 28.4 Å². The predicted octanol–water partition coefficient (Wildman–Crippen LogP) is 3.38. The number of carbonyl (C=O) groups is 1. The lowest BCUT2D eigenvalue weighted by Gasteiger charge is -2.12. The molecule has 6 heteroatoms. The van der Waals surface area contributed by atoms with Gasteiger partial charge in [0.15, 0.2) is 5.96 Å². The third-order valence-electron chi connectivity index (χ3n) is 3.50. The van der Waals surface area contributed by atoms with E-state index in [0.29, 0.717) is 36.2 Å². The van der Waals surface area contributed by atoms with Gasteiger partial charge in [0.05, 0.1) is 12.2 Å². The second-order valence-electron chi connectivity index (χ2n) is 5.33. The van der Waals surface area contributed by atoms with E-state index in [4.69, 9.17) is 16.3 Å². The van der Waals surface area contributed by atoms with Gasteiger partial charge in [-0.25, -0.2) is 4.79 Å². The van der Waals surface area contributed by atoms with E-state index in [9.17, 15) is 4.79 Å². The number of halogens is 1. The predicted molar refractivity (Wildman–Crippen MR) is 101 cm³/mol. The summed E-state index contributed by atoms with van der Waals surface area (Å²) < 4.78 is 4.97. The summed E-state index contributed by atoms with van der Waals surface area (Å²) in [6.45, 7) is 3.38. The lowest BCUT2D eigenvalue weighted by atomic mass is 10.1. The van der Waals surface area contributed by atoms with E-state index in [1.54, 1.807) is 26.1 Å². The van der Waals surface area contributed by atoms with Crippen LogP contribution in [0, 0.1) is 0 Å². The van der Waals surface area contributed by atoms with E-state index in [2.05, 4.69) is 15.6 Å². The van der Waals surface area contributed by atoms with Crippen molar-refractivity contribution in [3.8, 4) is 0 Å². The molecule has 0 unspecified atom stereocenters. The smallest absolute Gasteiger partial charge is 0.338 e. The number of benzene rings is 2. The van der Waals surface area contributed by atoms with Gasteiger partial charge in [0.25, 0.3) is 0 Å². The van der Waals surface area contributed by atoms with Gasteiger partial charge < -0.3 is 15.4 Å². The molecule has 0 atom stereocenters. The molecule has 2 rings (SSSR count). The zero-order valence-electron chi connectivity index (χ0n) is 14.4. The summed E-state index contributed by atoms with van der Waals surface area (Å²) in [5.41, 5.74) is 2.67. The molecule has 0 saturated carbocycles. The Labute approximate surface area is 153 Å². The lowest BCUT2D eigenvalue weighted by Crippen LogP contribution is -2.36. The first-order valence-electron chi connectivity index (χ1n) is 8.07. The van der Waals surface area contributed by atoms with Crippen molar-refractivity contribution in [3.05, 3.63) is 70.2 Å². The van der Waals surface area contributed by atoms with Crippen LogP contribution in [0.5, 0.6) is 0 Å². The van der Waals surface area contributed by atoms with Crippen LogP contribution in [-0.2, 0) is 17.8 Å². The maximum absolute atomic E-state index is 11.6. The molecule has 132 valence electrons. The molecule has 2 aromatic carbocycles. The number of nitrogens with one attached hydrogen (secondary N) is 2. The summed E-state index contributed by atoms with van der Waals surface area (Å²) in [5.74, 6) is 0.385. The molecule has 25 heavy (non-hydrogen) atoms. The Morgan fingerprint density at radius 1 is 1.08 bits per heavy atom. The van der Waals surface area contributed by atoms with Crippen molar-refractivity contribution in [1.82, 2.24) is 10.6 Å². The monoisotopic (exact) mass is 359 g/mol. The molecule has 0 bridgehead atoms. The fraction of sp³-hybridized carbons (Fsp3) is 0.263. The van der Waals surface area contributed by atoms with E-state index < -0.39 is 0 Å². The molecule has 0 saturated heterocycles. The van der Waals surface area contributed by atoms with Gasteiger partial charge in [0.1, 0.15) is 0 Å². The third-order valence-corrected chi connectivity index (χ3v) is 3.73. The number of nitrogens with zero attached hydrogens (tertiary/aromatic N) is 1. The van der Waals surface area contributed by atoms with Crippen LogP contribution >= 0.6 is 11.6 Å². The van der Waals surface area contributed by atoms with E-state index in [1.165, 1.54) is 0 Å². The zero-order valence-corrected chi connectivity index (χ0v) is 15.1. The fourth-order valence-corrected chi connectivity index (χ4v) is 2.43. The van der Waals surface area contributed by atoms with Gasteiger partial charge in [-0.2, -0.15) is 0 Å². The normalized spacial score (nSPS) is 11.1. The van der Waals surface area contributed by atoms with Crippen molar-refractivity contribution in [2.24, 2.45) is 4.99 Å². The van der Waals surface area contributed by atoms with Crippen molar-refractivity contribution in [2.75, 3.05) is 13.7 Å². The number of guanidine groups is 1. The molecule has 0 aliphatic rings. The molecule has 0 amide bonds. The topological polar surface area (TPSA) is 62.7 Å². The molecule has 0 radical (unpaired) electrons. The molecule has 0 aromatic heterocycles. The van der Waals surface area contributed by atoms with Gasteiger partial charge in [0, 0.05) is 25.2 Å². The Hall–Kier alpha value is -2.53. The minimum Gasteiger partial charge on any atom is -0.462 e. The minimum atomic E-state index is -0.305. The standard InChI is InChI=1S/C19H22ClN3O2/c1-3-25-18(24)16-9-7-14(8-10-16)12-22-19(21-2)23-13-15-5-4-6-17(20)11-15/h4-11H,3,12-13H2,1-2H3,(H2,21,22,23). The molecular weight excluding hydrogens is 338 g/mol. The van der Waals surface area contributed by atoms with Crippen LogP contribution in [0.4, 0.5) is 0 Å². The van der Waals surface area contributed by atoms with Crippen molar-refractivity contribution in [1.29, 1.82) is 0 Å². The zero-order chi connectivity index (χ0) is 18.1. The summed E-state index contributed by atoms with van der Waals surface area (Å²) >= 11 is 5.98. The highest BCUT2D eigenvalue weighted by molar-refractivity contribution is 6.30. The first-order valence-corrected chi connectivity index (χ1v) is 8.45. The van der Waals surface area contributed by atoms with Crippen LogP contribution < -0.4 is 10.6 Å². The summed E-state index contributed by atoms with van der Waals surface area (Å²) in [5, 5.41) is 7.18. The fourth-order valence-electron chi connectivity index (χ4n) is 2.21. The molecule has 0 fully saturated rings. The number of rotatable bonds is 6. The quantitative estimate of drug-likeness (QED) is 0.471. The molecule has 0 spiro atoms. The Kier molecular flexibility index (Phi) is 7.29. The maximum Gasteiger partial charge on any atom is 0.338 e. The number of hydrogen-bond acceptors (Lipinski definition) is 3. The highest BCUT2D eigenvalue weighted by atomic mass is 35.5. The highest BCUT2D eigenvalue weighted by Gasteiger charge is 2.06. The Morgan fingerprint density at radius 3 is 2.36 bits per heavy atom. The number of esters is 1. The second kappa shape index (κ2) is 9.69. The molecule has 0 heterocycles. The van der Waals surface area contributed by atoms with E-state index in [-0.39, 0.29) is 5.97 Å². The molecule has 2 aromatic rings. The minimum absolute atomic E-state index is 0.305. The Morgan fingerprint density at radius 2 is 1.76 bits per heavy atom. The number of hydrogen-bond donors (Lipinski definition) is 2. The maximum atomic E-state index is 11.6. The van der Waals surface area contributed by atoms with Gasteiger partial charge in [-0.1, -0.05) is 35.9 Å². The average molecular weight is 360 g/mol. The van der Waals surface area contributed by atoms with Crippen LogP contribution in [0.15, 0.2) is 53.5 Å². The Balaban J connectivity index is 1.85. The summed E-state index contributed by atoms with van der Waals surface area (Å²) in [6.07, 6.45) is 0. The molecular formula is C19H22ClN3O2. The second-order valence-corrected chi connectivity index (χ2v) is 5.76.